The molecule has 0 spiro atoms. The summed E-state index contributed by atoms with van der Waals surface area (Å²) in [5.41, 5.74) is 4.62. The second-order valence-electron chi connectivity index (χ2n) is 2.25. The maximum absolute atomic E-state index is 12.2. The van der Waals surface area contributed by atoms with Gasteiger partial charge in [-0.1, -0.05) is 0 Å². The Balaban J connectivity index is 3.35. The molecule has 13 heavy (non-hydrogen) atoms. The SMILES string of the molecule is Nc1c(C(F)F)cnc(Br)c1C=O. The van der Waals surface area contributed by atoms with E-state index < -0.39 is 12.0 Å². The molecule has 0 atom stereocenters. The van der Waals surface area contributed by atoms with Crippen molar-refractivity contribution in [3.63, 3.8) is 0 Å². The number of anilines is 1. The Morgan fingerprint density at radius 2 is 2.23 bits per heavy atom. The second kappa shape index (κ2) is 3.78. The van der Waals surface area contributed by atoms with Crippen molar-refractivity contribution in [1.82, 2.24) is 4.98 Å². The van der Waals surface area contributed by atoms with Gasteiger partial charge in [0.1, 0.15) is 4.60 Å². The molecule has 0 amide bonds. The number of nitrogens with two attached hydrogens (primary N) is 1. The number of halogens is 3. The average Bonchev–Trinajstić information content (AvgIpc) is 2.04. The molecule has 0 saturated heterocycles. The van der Waals surface area contributed by atoms with E-state index in [1.54, 1.807) is 0 Å². The molecule has 1 heterocycles. The predicted molar refractivity (Wildman–Crippen MR) is 46.7 cm³/mol. The first-order chi connectivity index (χ1) is 6.07. The van der Waals surface area contributed by atoms with E-state index in [1.165, 1.54) is 0 Å². The minimum absolute atomic E-state index is 0.0437. The first kappa shape index (κ1) is 10.0. The third kappa shape index (κ3) is 1.82. The highest BCUT2D eigenvalue weighted by Gasteiger charge is 2.16. The van der Waals surface area contributed by atoms with Crippen molar-refractivity contribution in [2.75, 3.05) is 5.73 Å². The van der Waals surface area contributed by atoms with Gasteiger partial charge in [-0.05, 0) is 15.9 Å². The Morgan fingerprint density at radius 3 is 2.69 bits per heavy atom. The quantitative estimate of drug-likeness (QED) is 0.647. The largest absolute Gasteiger partial charge is 0.398 e. The lowest BCUT2D eigenvalue weighted by Crippen LogP contribution is -2.02. The highest BCUT2D eigenvalue weighted by Crippen LogP contribution is 2.29. The Kier molecular flexibility index (Phi) is 2.92. The number of carbonyl (C=O) groups excluding carboxylic acids is 1. The molecule has 0 saturated carbocycles. The van der Waals surface area contributed by atoms with Crippen molar-refractivity contribution in [2.45, 2.75) is 6.43 Å². The van der Waals surface area contributed by atoms with Gasteiger partial charge >= 0.3 is 0 Å². The fourth-order valence-corrected chi connectivity index (χ4v) is 1.23. The van der Waals surface area contributed by atoms with Crippen LogP contribution >= 0.6 is 15.9 Å². The number of alkyl halides is 2. The molecule has 1 rings (SSSR count). The summed E-state index contributed by atoms with van der Waals surface area (Å²) in [6.07, 6.45) is -1.39. The number of rotatable bonds is 2. The summed E-state index contributed by atoms with van der Waals surface area (Å²) in [6.45, 7) is 0. The van der Waals surface area contributed by atoms with E-state index in [0.717, 1.165) is 6.20 Å². The first-order valence-corrected chi connectivity index (χ1v) is 4.04. The van der Waals surface area contributed by atoms with Crippen LogP contribution in [0.4, 0.5) is 14.5 Å². The number of pyridine rings is 1. The molecule has 70 valence electrons. The van der Waals surface area contributed by atoms with Crippen molar-refractivity contribution < 1.29 is 13.6 Å². The van der Waals surface area contributed by atoms with Gasteiger partial charge in [-0.2, -0.15) is 0 Å². The molecule has 1 aromatic heterocycles. The highest BCUT2D eigenvalue weighted by molar-refractivity contribution is 9.10. The second-order valence-corrected chi connectivity index (χ2v) is 3.00. The molecule has 0 radical (unpaired) electrons. The molecule has 2 N–H and O–H groups in total. The van der Waals surface area contributed by atoms with E-state index in [9.17, 15) is 13.6 Å². The minimum atomic E-state index is -2.72. The van der Waals surface area contributed by atoms with E-state index >= 15 is 0 Å². The zero-order valence-corrected chi connectivity index (χ0v) is 7.88. The fraction of sp³-hybridized carbons (Fsp3) is 0.143. The summed E-state index contributed by atoms with van der Waals surface area (Å²) in [6, 6.07) is 0. The Labute approximate surface area is 81.1 Å². The van der Waals surface area contributed by atoms with E-state index in [0.29, 0.717) is 6.29 Å². The highest BCUT2D eigenvalue weighted by atomic mass is 79.9. The Morgan fingerprint density at radius 1 is 1.62 bits per heavy atom. The van der Waals surface area contributed by atoms with Crippen LogP contribution in [0.3, 0.4) is 0 Å². The van der Waals surface area contributed by atoms with Crippen LogP contribution in [0, 0.1) is 0 Å². The number of hydrogen-bond acceptors (Lipinski definition) is 3. The smallest absolute Gasteiger partial charge is 0.267 e. The summed E-state index contributed by atoms with van der Waals surface area (Å²) < 4.78 is 24.6. The number of hydrogen-bond donors (Lipinski definition) is 1. The summed E-state index contributed by atoms with van der Waals surface area (Å²) >= 11 is 2.92. The van der Waals surface area contributed by atoms with Gasteiger partial charge in [0.2, 0.25) is 0 Å². The van der Waals surface area contributed by atoms with Crippen molar-refractivity contribution in [3.8, 4) is 0 Å². The first-order valence-electron chi connectivity index (χ1n) is 3.25. The Hall–Kier alpha value is -1.04. The van der Waals surface area contributed by atoms with Gasteiger partial charge in [0.15, 0.2) is 6.29 Å². The number of aldehydes is 1. The van der Waals surface area contributed by atoms with Crippen molar-refractivity contribution >= 4 is 27.9 Å². The van der Waals surface area contributed by atoms with Crippen molar-refractivity contribution in [2.24, 2.45) is 0 Å². The number of aromatic nitrogens is 1. The van der Waals surface area contributed by atoms with Crippen LogP contribution in [-0.4, -0.2) is 11.3 Å². The Bertz CT molecular complexity index is 344. The standard InChI is InChI=1S/C7H5BrF2N2O/c8-6-4(2-13)5(11)3(1-12-6)7(9)10/h1-2,7H,(H2,11,12). The van der Waals surface area contributed by atoms with Crippen LogP contribution in [0.2, 0.25) is 0 Å². The van der Waals surface area contributed by atoms with E-state index in [2.05, 4.69) is 20.9 Å². The van der Waals surface area contributed by atoms with Crippen LogP contribution in [0.25, 0.3) is 0 Å². The van der Waals surface area contributed by atoms with Crippen molar-refractivity contribution in [3.05, 3.63) is 21.9 Å². The summed E-state index contributed by atoms with van der Waals surface area (Å²) in [4.78, 5) is 14.0. The van der Waals surface area contributed by atoms with E-state index in [4.69, 9.17) is 5.73 Å². The summed E-state index contributed by atoms with van der Waals surface area (Å²) in [7, 11) is 0. The number of nitrogen functional groups attached to an aromatic ring is 1. The maximum atomic E-state index is 12.2. The average molecular weight is 251 g/mol. The third-order valence-corrected chi connectivity index (χ3v) is 2.13. The molecule has 0 aromatic carbocycles. The van der Waals surface area contributed by atoms with Gasteiger partial charge in [-0.15, -0.1) is 0 Å². The zero-order valence-electron chi connectivity index (χ0n) is 6.30. The molecule has 0 fully saturated rings. The molecule has 0 bridgehead atoms. The third-order valence-electron chi connectivity index (χ3n) is 1.49. The van der Waals surface area contributed by atoms with Gasteiger partial charge in [0, 0.05) is 6.20 Å². The van der Waals surface area contributed by atoms with Crippen LogP contribution in [-0.2, 0) is 0 Å². The molecular weight excluding hydrogens is 246 g/mol. The monoisotopic (exact) mass is 250 g/mol. The van der Waals surface area contributed by atoms with Gasteiger partial charge < -0.3 is 5.73 Å². The lowest BCUT2D eigenvalue weighted by atomic mass is 10.2. The molecule has 6 heteroatoms. The van der Waals surface area contributed by atoms with Crippen LogP contribution in [0.15, 0.2) is 10.8 Å². The van der Waals surface area contributed by atoms with E-state index in [1.807, 2.05) is 0 Å². The zero-order chi connectivity index (χ0) is 10.0. The molecule has 0 aliphatic heterocycles. The number of carbonyl (C=O) groups is 1. The van der Waals surface area contributed by atoms with Crippen LogP contribution < -0.4 is 5.73 Å². The summed E-state index contributed by atoms with van der Waals surface area (Å²) in [5, 5.41) is 0. The summed E-state index contributed by atoms with van der Waals surface area (Å²) in [5.74, 6) is 0. The minimum Gasteiger partial charge on any atom is -0.398 e. The molecular formula is C7H5BrF2N2O. The topological polar surface area (TPSA) is 56.0 Å². The molecule has 0 aliphatic carbocycles. The van der Waals surface area contributed by atoms with Gasteiger partial charge in [-0.25, -0.2) is 13.8 Å². The predicted octanol–water partition coefficient (Wildman–Crippen LogP) is 2.18. The van der Waals surface area contributed by atoms with Crippen LogP contribution in [0.1, 0.15) is 22.3 Å². The van der Waals surface area contributed by atoms with Gasteiger partial charge in [0.25, 0.3) is 6.43 Å². The number of nitrogens with zero attached hydrogens (tertiary/aromatic N) is 1. The molecule has 0 unspecified atom stereocenters. The molecule has 3 nitrogen and oxygen atoms in total. The lowest BCUT2D eigenvalue weighted by molar-refractivity contribution is 0.112. The van der Waals surface area contributed by atoms with Gasteiger partial charge in [-0.3, -0.25) is 4.79 Å². The lowest BCUT2D eigenvalue weighted by Gasteiger charge is -2.06. The van der Waals surface area contributed by atoms with Crippen molar-refractivity contribution in [1.29, 1.82) is 0 Å². The molecule has 1 aromatic rings. The normalized spacial score (nSPS) is 10.5. The van der Waals surface area contributed by atoms with E-state index in [-0.39, 0.29) is 15.9 Å². The molecule has 0 aliphatic rings. The fourth-order valence-electron chi connectivity index (χ4n) is 0.818. The maximum Gasteiger partial charge on any atom is 0.267 e. The van der Waals surface area contributed by atoms with Gasteiger partial charge in [0.05, 0.1) is 16.8 Å². The van der Waals surface area contributed by atoms with Crippen LogP contribution in [0.5, 0.6) is 0 Å².